The summed E-state index contributed by atoms with van der Waals surface area (Å²) in [4.78, 5) is 20.8. The average molecular weight is 301 g/mol. The van der Waals surface area contributed by atoms with Gasteiger partial charge in [0.25, 0.3) is 0 Å². The van der Waals surface area contributed by atoms with Crippen molar-refractivity contribution in [3.05, 3.63) is 33.6 Å². The molecule has 1 aromatic rings. The van der Waals surface area contributed by atoms with Gasteiger partial charge in [-0.25, -0.2) is 9.18 Å². The lowest BCUT2D eigenvalue weighted by Gasteiger charge is -2.09. The first kappa shape index (κ1) is 16.8. The lowest BCUT2D eigenvalue weighted by molar-refractivity contribution is -0.386. The summed E-state index contributed by atoms with van der Waals surface area (Å²) in [6, 6.07) is 1.34. The number of carboxylic acids is 1. The standard InChI is InChI=1S/C13H16FNO6/c1-8(2)7-20-3-4-21-12-6-10(14)9(13(16)17)5-11(12)15(18)19/h5-6,8H,3-4,7H2,1-2H3,(H,16,17). The van der Waals surface area contributed by atoms with Crippen molar-refractivity contribution in [1.29, 1.82) is 0 Å². The molecule has 0 bridgehead atoms. The molecule has 0 aromatic heterocycles. The molecule has 0 amide bonds. The van der Waals surface area contributed by atoms with Crippen LogP contribution in [0.2, 0.25) is 0 Å². The lowest BCUT2D eigenvalue weighted by atomic mass is 10.1. The number of rotatable bonds is 8. The number of aromatic carboxylic acids is 1. The Morgan fingerprint density at radius 3 is 2.62 bits per heavy atom. The number of hydrogen-bond acceptors (Lipinski definition) is 5. The van der Waals surface area contributed by atoms with Gasteiger partial charge in [-0.3, -0.25) is 10.1 Å². The number of benzene rings is 1. The lowest BCUT2D eigenvalue weighted by Crippen LogP contribution is -2.11. The number of carbonyl (C=O) groups is 1. The molecule has 21 heavy (non-hydrogen) atoms. The molecule has 8 heteroatoms. The molecule has 0 saturated heterocycles. The topological polar surface area (TPSA) is 98.9 Å². The first-order chi connectivity index (χ1) is 9.82. The van der Waals surface area contributed by atoms with Crippen LogP contribution in [0.4, 0.5) is 10.1 Å². The maximum Gasteiger partial charge on any atom is 0.338 e. The monoisotopic (exact) mass is 301 g/mol. The second kappa shape index (κ2) is 7.53. The summed E-state index contributed by atoms with van der Waals surface area (Å²) in [7, 11) is 0. The highest BCUT2D eigenvalue weighted by Gasteiger charge is 2.22. The highest BCUT2D eigenvalue weighted by molar-refractivity contribution is 5.89. The van der Waals surface area contributed by atoms with Crippen LogP contribution < -0.4 is 4.74 Å². The van der Waals surface area contributed by atoms with Crippen molar-refractivity contribution in [2.24, 2.45) is 5.92 Å². The molecule has 1 N–H and O–H groups in total. The van der Waals surface area contributed by atoms with Crippen LogP contribution in [-0.4, -0.2) is 35.8 Å². The number of carboxylic acid groups (broad SMARTS) is 1. The van der Waals surface area contributed by atoms with Crippen molar-refractivity contribution in [2.45, 2.75) is 13.8 Å². The van der Waals surface area contributed by atoms with E-state index < -0.39 is 28.0 Å². The molecule has 0 radical (unpaired) electrons. The Kier molecular flexibility index (Phi) is 6.04. The maximum atomic E-state index is 13.5. The van der Waals surface area contributed by atoms with Gasteiger partial charge in [0, 0.05) is 18.7 Å². The third-order valence-electron chi connectivity index (χ3n) is 2.41. The fourth-order valence-corrected chi connectivity index (χ4v) is 1.50. The van der Waals surface area contributed by atoms with E-state index in [2.05, 4.69) is 0 Å². The molecular weight excluding hydrogens is 285 g/mol. The van der Waals surface area contributed by atoms with Crippen molar-refractivity contribution in [2.75, 3.05) is 19.8 Å². The molecule has 0 aliphatic rings. The zero-order chi connectivity index (χ0) is 16.0. The third kappa shape index (κ3) is 4.99. The Morgan fingerprint density at radius 1 is 1.43 bits per heavy atom. The summed E-state index contributed by atoms with van der Waals surface area (Å²) < 4.78 is 23.8. The smallest absolute Gasteiger partial charge is 0.338 e. The molecular formula is C13H16FNO6. The zero-order valence-electron chi connectivity index (χ0n) is 11.7. The largest absolute Gasteiger partial charge is 0.484 e. The van der Waals surface area contributed by atoms with Crippen molar-refractivity contribution in [3.8, 4) is 5.75 Å². The predicted molar refractivity (Wildman–Crippen MR) is 71.2 cm³/mol. The minimum atomic E-state index is -1.58. The number of halogens is 1. The van der Waals surface area contributed by atoms with Crippen molar-refractivity contribution >= 4 is 11.7 Å². The summed E-state index contributed by atoms with van der Waals surface area (Å²) in [5, 5.41) is 19.6. The maximum absolute atomic E-state index is 13.5. The van der Waals surface area contributed by atoms with Crippen LogP contribution >= 0.6 is 0 Å². The fraction of sp³-hybridized carbons (Fsp3) is 0.462. The zero-order valence-corrected chi connectivity index (χ0v) is 11.7. The van der Waals surface area contributed by atoms with E-state index in [-0.39, 0.29) is 19.0 Å². The van der Waals surface area contributed by atoms with Gasteiger partial charge in [-0.2, -0.15) is 0 Å². The van der Waals surface area contributed by atoms with E-state index in [1.165, 1.54) is 0 Å². The number of ether oxygens (including phenoxy) is 2. The molecule has 0 aliphatic heterocycles. The molecule has 0 atom stereocenters. The second-order valence-corrected chi connectivity index (χ2v) is 4.68. The van der Waals surface area contributed by atoms with Crippen LogP contribution in [0.3, 0.4) is 0 Å². The average Bonchev–Trinajstić information content (AvgIpc) is 2.37. The molecule has 0 spiro atoms. The normalized spacial score (nSPS) is 10.7. The van der Waals surface area contributed by atoms with Crippen LogP contribution in [0, 0.1) is 21.8 Å². The van der Waals surface area contributed by atoms with Crippen LogP contribution in [0.1, 0.15) is 24.2 Å². The van der Waals surface area contributed by atoms with E-state index in [4.69, 9.17) is 14.6 Å². The number of nitro groups is 1. The predicted octanol–water partition coefficient (Wildman–Crippen LogP) is 2.48. The summed E-state index contributed by atoms with van der Waals surface area (Å²) in [5.41, 5.74) is -1.37. The first-order valence-electron chi connectivity index (χ1n) is 6.24. The van der Waals surface area contributed by atoms with Gasteiger partial charge in [0.05, 0.1) is 11.5 Å². The molecule has 1 rings (SSSR count). The van der Waals surface area contributed by atoms with Crippen molar-refractivity contribution < 1.29 is 28.7 Å². The molecule has 0 fully saturated rings. The summed E-state index contributed by atoms with van der Waals surface area (Å²) in [5.74, 6) is -2.66. The Labute approximate surface area is 120 Å². The molecule has 1 aromatic carbocycles. The van der Waals surface area contributed by atoms with Gasteiger partial charge < -0.3 is 14.6 Å². The van der Waals surface area contributed by atoms with Gasteiger partial charge in [-0.15, -0.1) is 0 Å². The van der Waals surface area contributed by atoms with Crippen LogP contribution in [0.5, 0.6) is 5.75 Å². The highest BCUT2D eigenvalue weighted by atomic mass is 19.1. The number of nitro benzene ring substituents is 1. The first-order valence-corrected chi connectivity index (χ1v) is 6.24. The Bertz CT molecular complexity index is 532. The molecule has 0 saturated carbocycles. The van der Waals surface area contributed by atoms with E-state index in [1.807, 2.05) is 13.8 Å². The van der Waals surface area contributed by atoms with E-state index in [9.17, 15) is 19.3 Å². The minimum Gasteiger partial charge on any atom is -0.484 e. The van der Waals surface area contributed by atoms with Crippen LogP contribution in [-0.2, 0) is 4.74 Å². The molecule has 0 heterocycles. The van der Waals surface area contributed by atoms with Gasteiger partial charge in [0.15, 0.2) is 5.75 Å². The third-order valence-corrected chi connectivity index (χ3v) is 2.41. The van der Waals surface area contributed by atoms with Gasteiger partial charge in [0.2, 0.25) is 0 Å². The second-order valence-electron chi connectivity index (χ2n) is 4.68. The Balaban J connectivity index is 2.79. The summed E-state index contributed by atoms with van der Waals surface area (Å²) >= 11 is 0. The van der Waals surface area contributed by atoms with Crippen LogP contribution in [0.15, 0.2) is 12.1 Å². The SMILES string of the molecule is CC(C)COCCOc1cc(F)c(C(=O)O)cc1[N+](=O)[O-]. The molecule has 0 unspecified atom stereocenters. The van der Waals surface area contributed by atoms with E-state index in [1.54, 1.807) is 0 Å². The summed E-state index contributed by atoms with van der Waals surface area (Å²) in [6.45, 7) is 4.63. The Hall–Kier alpha value is -2.22. The van der Waals surface area contributed by atoms with Crippen molar-refractivity contribution in [1.82, 2.24) is 0 Å². The van der Waals surface area contributed by atoms with Gasteiger partial charge in [0.1, 0.15) is 18.0 Å². The van der Waals surface area contributed by atoms with E-state index in [0.717, 1.165) is 0 Å². The van der Waals surface area contributed by atoms with Gasteiger partial charge in [-0.05, 0) is 5.92 Å². The quantitative estimate of drug-likeness (QED) is 0.450. The molecule has 7 nitrogen and oxygen atoms in total. The molecule has 116 valence electrons. The van der Waals surface area contributed by atoms with Gasteiger partial charge in [-0.1, -0.05) is 13.8 Å². The van der Waals surface area contributed by atoms with Gasteiger partial charge >= 0.3 is 11.7 Å². The minimum absolute atomic E-state index is 0.000577. The number of nitrogens with zero attached hydrogens (tertiary/aromatic N) is 1. The van der Waals surface area contributed by atoms with E-state index >= 15 is 0 Å². The number of hydrogen-bond donors (Lipinski definition) is 1. The highest BCUT2D eigenvalue weighted by Crippen LogP contribution is 2.30. The molecule has 0 aliphatic carbocycles. The Morgan fingerprint density at radius 2 is 2.10 bits per heavy atom. The summed E-state index contributed by atoms with van der Waals surface area (Å²) in [6.07, 6.45) is 0. The fourth-order valence-electron chi connectivity index (χ4n) is 1.50. The van der Waals surface area contributed by atoms with E-state index in [0.29, 0.717) is 24.7 Å². The van der Waals surface area contributed by atoms with Crippen molar-refractivity contribution in [3.63, 3.8) is 0 Å². The van der Waals surface area contributed by atoms with Crippen LogP contribution in [0.25, 0.3) is 0 Å².